The van der Waals surface area contributed by atoms with Crippen molar-refractivity contribution in [2.45, 2.75) is 38.5 Å². The molecule has 0 saturated heterocycles. The van der Waals surface area contributed by atoms with Gasteiger partial charge in [0.1, 0.15) is 9.84 Å². The van der Waals surface area contributed by atoms with E-state index in [1.807, 2.05) is 0 Å². The molecule has 0 heterocycles. The van der Waals surface area contributed by atoms with Gasteiger partial charge < -0.3 is 15.5 Å². The number of sulfone groups is 1. The van der Waals surface area contributed by atoms with E-state index in [1.54, 1.807) is 26.0 Å². The molecule has 0 aromatic rings. The Balaban J connectivity index is 0.00000338. The number of carbonyl (C=O) groups is 1. The standard InChI is InChI=1S/C17H32N4O3S.HI/c1-18-15(19-11-16(9-10-16)13-25(4,23)24)20-12-17(7-5-6-8-17)14(22)21(2)3;/h5-13H2,1-4H3,(H2,18,19,20);1H. The minimum atomic E-state index is -2.98. The van der Waals surface area contributed by atoms with Gasteiger partial charge in [0.2, 0.25) is 5.91 Å². The second-order valence-corrected chi connectivity index (χ2v) is 10.2. The molecule has 2 aliphatic rings. The molecule has 2 saturated carbocycles. The highest BCUT2D eigenvalue weighted by Crippen LogP contribution is 2.46. The van der Waals surface area contributed by atoms with E-state index < -0.39 is 9.84 Å². The molecular weight excluding hydrogens is 467 g/mol. The van der Waals surface area contributed by atoms with Gasteiger partial charge in [-0.2, -0.15) is 0 Å². The number of aliphatic imine (C=N–C) groups is 1. The maximum Gasteiger partial charge on any atom is 0.230 e. The average Bonchev–Trinajstić information content (AvgIpc) is 3.09. The Morgan fingerprint density at radius 1 is 1.08 bits per heavy atom. The summed E-state index contributed by atoms with van der Waals surface area (Å²) in [5, 5.41) is 6.55. The molecule has 7 nitrogen and oxygen atoms in total. The molecule has 0 bridgehead atoms. The van der Waals surface area contributed by atoms with Crippen LogP contribution in [-0.2, 0) is 14.6 Å². The second kappa shape index (κ2) is 9.07. The highest BCUT2D eigenvalue weighted by molar-refractivity contribution is 14.0. The van der Waals surface area contributed by atoms with Crippen molar-refractivity contribution in [3.05, 3.63) is 0 Å². The molecule has 0 aromatic heterocycles. The van der Waals surface area contributed by atoms with Gasteiger partial charge in [-0.3, -0.25) is 9.79 Å². The monoisotopic (exact) mass is 500 g/mol. The number of nitrogens with zero attached hydrogens (tertiary/aromatic N) is 2. The highest BCUT2D eigenvalue weighted by Gasteiger charge is 2.45. The van der Waals surface area contributed by atoms with Crippen molar-refractivity contribution < 1.29 is 13.2 Å². The van der Waals surface area contributed by atoms with Gasteiger partial charge in [0, 0.05) is 45.9 Å². The summed E-state index contributed by atoms with van der Waals surface area (Å²) in [6.07, 6.45) is 7.07. The van der Waals surface area contributed by atoms with Crippen LogP contribution in [0.1, 0.15) is 38.5 Å². The predicted octanol–water partition coefficient (Wildman–Crippen LogP) is 1.24. The number of rotatable bonds is 7. The maximum absolute atomic E-state index is 12.6. The quantitative estimate of drug-likeness (QED) is 0.312. The number of carbonyl (C=O) groups excluding carboxylic acids is 1. The third kappa shape index (κ3) is 6.24. The highest BCUT2D eigenvalue weighted by atomic mass is 127. The molecule has 9 heteroatoms. The lowest BCUT2D eigenvalue weighted by Gasteiger charge is -2.31. The Hall–Kier alpha value is -0.580. The Labute approximate surface area is 174 Å². The number of guanidine groups is 1. The van der Waals surface area contributed by atoms with Crippen LogP contribution in [0.2, 0.25) is 0 Å². The smallest absolute Gasteiger partial charge is 0.230 e. The summed E-state index contributed by atoms with van der Waals surface area (Å²) in [5.74, 6) is 1.02. The fourth-order valence-electron chi connectivity index (χ4n) is 3.84. The van der Waals surface area contributed by atoms with Crippen molar-refractivity contribution in [2.24, 2.45) is 15.8 Å². The van der Waals surface area contributed by atoms with Gasteiger partial charge in [-0.1, -0.05) is 12.8 Å². The van der Waals surface area contributed by atoms with Crippen LogP contribution in [0, 0.1) is 10.8 Å². The summed E-state index contributed by atoms with van der Waals surface area (Å²) in [6.45, 7) is 1.15. The fraction of sp³-hybridized carbons (Fsp3) is 0.882. The number of hydrogen-bond donors (Lipinski definition) is 2. The Morgan fingerprint density at radius 3 is 2.04 bits per heavy atom. The fourth-order valence-corrected chi connectivity index (χ4v) is 5.35. The topological polar surface area (TPSA) is 90.9 Å². The third-order valence-corrected chi connectivity index (χ3v) is 6.53. The van der Waals surface area contributed by atoms with Crippen molar-refractivity contribution in [3.8, 4) is 0 Å². The van der Waals surface area contributed by atoms with E-state index >= 15 is 0 Å². The van der Waals surface area contributed by atoms with E-state index in [1.165, 1.54) is 6.26 Å². The lowest BCUT2D eigenvalue weighted by atomic mass is 9.84. The number of halogens is 1. The van der Waals surface area contributed by atoms with Gasteiger partial charge in [-0.15, -0.1) is 24.0 Å². The van der Waals surface area contributed by atoms with Crippen LogP contribution in [0.4, 0.5) is 0 Å². The maximum atomic E-state index is 12.6. The van der Waals surface area contributed by atoms with Crippen LogP contribution in [0.15, 0.2) is 4.99 Å². The lowest BCUT2D eigenvalue weighted by Crippen LogP contribution is -2.50. The van der Waals surface area contributed by atoms with Crippen molar-refractivity contribution in [1.82, 2.24) is 15.5 Å². The first-order valence-electron chi connectivity index (χ1n) is 8.96. The van der Waals surface area contributed by atoms with Crippen molar-refractivity contribution in [1.29, 1.82) is 0 Å². The van der Waals surface area contributed by atoms with Crippen LogP contribution in [-0.4, -0.2) is 71.4 Å². The SMILES string of the molecule is CN=C(NCC1(CS(C)(=O)=O)CC1)NCC1(C(=O)N(C)C)CCCC1.I. The zero-order valence-corrected chi connectivity index (χ0v) is 19.4. The van der Waals surface area contributed by atoms with Crippen molar-refractivity contribution >= 4 is 45.7 Å². The summed E-state index contributed by atoms with van der Waals surface area (Å²) in [7, 11) is 2.32. The molecule has 2 rings (SSSR count). The molecular formula is C17H33IN4O3S. The molecule has 0 aromatic carbocycles. The van der Waals surface area contributed by atoms with Gasteiger partial charge in [-0.05, 0) is 25.7 Å². The van der Waals surface area contributed by atoms with Gasteiger partial charge in [0.25, 0.3) is 0 Å². The molecule has 152 valence electrons. The van der Waals surface area contributed by atoms with Crippen molar-refractivity contribution in [3.63, 3.8) is 0 Å². The molecule has 0 unspecified atom stereocenters. The molecule has 0 radical (unpaired) electrons. The molecule has 2 aliphatic carbocycles. The zero-order chi connectivity index (χ0) is 18.7. The lowest BCUT2D eigenvalue weighted by molar-refractivity contribution is -0.138. The minimum Gasteiger partial charge on any atom is -0.356 e. The summed E-state index contributed by atoms with van der Waals surface area (Å²) in [5.41, 5.74) is -0.513. The van der Waals surface area contributed by atoms with Crippen molar-refractivity contribution in [2.75, 3.05) is 46.2 Å². The van der Waals surface area contributed by atoms with E-state index in [9.17, 15) is 13.2 Å². The van der Waals surface area contributed by atoms with Crippen LogP contribution >= 0.6 is 24.0 Å². The Kier molecular flexibility index (Phi) is 8.19. The first-order chi connectivity index (χ1) is 11.6. The minimum absolute atomic E-state index is 0. The van der Waals surface area contributed by atoms with E-state index in [4.69, 9.17) is 0 Å². The average molecular weight is 500 g/mol. The van der Waals surface area contributed by atoms with Crippen LogP contribution in [0.3, 0.4) is 0 Å². The van der Waals surface area contributed by atoms with Gasteiger partial charge in [0.15, 0.2) is 5.96 Å². The van der Waals surface area contributed by atoms with E-state index in [2.05, 4.69) is 15.6 Å². The number of amides is 1. The summed E-state index contributed by atoms with van der Waals surface area (Å²) < 4.78 is 23.1. The largest absolute Gasteiger partial charge is 0.356 e. The van der Waals surface area contributed by atoms with Gasteiger partial charge in [-0.25, -0.2) is 8.42 Å². The van der Waals surface area contributed by atoms with Crippen LogP contribution < -0.4 is 10.6 Å². The molecule has 0 atom stereocenters. The Morgan fingerprint density at radius 2 is 1.62 bits per heavy atom. The van der Waals surface area contributed by atoms with E-state index in [0.717, 1.165) is 38.5 Å². The second-order valence-electron chi connectivity index (χ2n) is 8.04. The Bertz CT molecular complexity index is 624. The van der Waals surface area contributed by atoms with E-state index in [0.29, 0.717) is 19.0 Å². The van der Waals surface area contributed by atoms with Gasteiger partial charge in [0.05, 0.1) is 11.2 Å². The summed E-state index contributed by atoms with van der Waals surface area (Å²) in [4.78, 5) is 18.5. The first kappa shape index (κ1) is 23.5. The molecule has 26 heavy (non-hydrogen) atoms. The molecule has 1 amide bonds. The normalized spacial score (nSPS) is 20.8. The zero-order valence-electron chi connectivity index (χ0n) is 16.3. The predicted molar refractivity (Wildman–Crippen MR) is 116 cm³/mol. The van der Waals surface area contributed by atoms with Crippen LogP contribution in [0.5, 0.6) is 0 Å². The third-order valence-electron chi connectivity index (χ3n) is 5.39. The first-order valence-corrected chi connectivity index (χ1v) is 11.0. The van der Waals surface area contributed by atoms with Gasteiger partial charge >= 0.3 is 0 Å². The molecule has 0 spiro atoms. The number of hydrogen-bond acceptors (Lipinski definition) is 4. The number of nitrogens with one attached hydrogen (secondary N) is 2. The molecule has 2 fully saturated rings. The summed E-state index contributed by atoms with van der Waals surface area (Å²) in [6, 6.07) is 0. The molecule has 0 aliphatic heterocycles. The summed E-state index contributed by atoms with van der Waals surface area (Å²) >= 11 is 0. The van der Waals surface area contributed by atoms with E-state index in [-0.39, 0.29) is 46.5 Å². The molecule has 2 N–H and O–H groups in total. The van der Waals surface area contributed by atoms with Crippen LogP contribution in [0.25, 0.3) is 0 Å².